The van der Waals surface area contributed by atoms with Gasteiger partial charge in [-0.1, -0.05) is 11.3 Å². The zero-order valence-electron chi connectivity index (χ0n) is 18.4. The van der Waals surface area contributed by atoms with E-state index in [0.29, 0.717) is 33.5 Å². The maximum atomic E-state index is 5.58. The van der Waals surface area contributed by atoms with Crippen LogP contribution < -0.4 is 9.47 Å². The maximum Gasteiger partial charge on any atom is 0.233 e. The van der Waals surface area contributed by atoms with Gasteiger partial charge in [-0.2, -0.15) is 0 Å². The predicted octanol–water partition coefficient (Wildman–Crippen LogP) is 4.30. The van der Waals surface area contributed by atoms with Gasteiger partial charge in [0.25, 0.3) is 0 Å². The van der Waals surface area contributed by atoms with Gasteiger partial charge in [-0.25, -0.2) is 15.0 Å². The fourth-order valence-electron chi connectivity index (χ4n) is 3.40. The van der Waals surface area contributed by atoms with Gasteiger partial charge in [0, 0.05) is 34.8 Å². The van der Waals surface area contributed by atoms with Gasteiger partial charge >= 0.3 is 0 Å². The van der Waals surface area contributed by atoms with Crippen molar-refractivity contribution in [1.29, 1.82) is 0 Å². The third-order valence-electron chi connectivity index (χ3n) is 5.02. The molecule has 0 unspecified atom stereocenters. The summed E-state index contributed by atoms with van der Waals surface area (Å²) in [4.78, 5) is 23.5. The summed E-state index contributed by atoms with van der Waals surface area (Å²) in [5.41, 5.74) is 6.33. The largest absolute Gasteiger partial charge is 0.494 e. The second kappa shape index (κ2) is 8.47. The number of pyridine rings is 2. The number of thiazole rings is 1. The molecule has 164 valence electrons. The van der Waals surface area contributed by atoms with Gasteiger partial charge in [0.1, 0.15) is 22.1 Å². The number of nitrogens with zero attached hydrogens (tertiary/aromatic N) is 7. The van der Waals surface area contributed by atoms with Crippen molar-refractivity contribution in [3.63, 3.8) is 0 Å². The van der Waals surface area contributed by atoms with Crippen LogP contribution in [0.4, 0.5) is 0 Å². The Kier molecular flexibility index (Phi) is 5.35. The Morgan fingerprint density at radius 2 is 1.52 bits per heavy atom. The van der Waals surface area contributed by atoms with E-state index in [0.717, 1.165) is 33.1 Å². The first kappa shape index (κ1) is 20.8. The molecule has 0 saturated heterocycles. The highest BCUT2D eigenvalue weighted by molar-refractivity contribution is 7.21. The van der Waals surface area contributed by atoms with Crippen molar-refractivity contribution in [2.45, 2.75) is 13.8 Å². The number of fused-ring (bicyclic) bond motifs is 1. The molecule has 0 saturated carbocycles. The Hall–Kier alpha value is -4.05. The molecule has 0 N–H and O–H groups in total. The third kappa shape index (κ3) is 3.96. The van der Waals surface area contributed by atoms with E-state index in [2.05, 4.69) is 25.1 Å². The number of ether oxygens (including phenoxy) is 2. The quantitative estimate of drug-likeness (QED) is 0.381. The van der Waals surface area contributed by atoms with Gasteiger partial charge in [-0.05, 0) is 37.6 Å². The van der Waals surface area contributed by atoms with E-state index in [1.54, 1.807) is 38.7 Å². The van der Waals surface area contributed by atoms with Crippen molar-refractivity contribution in [3.05, 3.63) is 54.2 Å². The van der Waals surface area contributed by atoms with Crippen molar-refractivity contribution in [2.75, 3.05) is 14.2 Å². The minimum Gasteiger partial charge on any atom is -0.494 e. The normalized spacial score (nSPS) is 11.0. The molecule has 9 nitrogen and oxygen atoms in total. The molecular formula is C23H19N7O2S. The third-order valence-corrected chi connectivity index (χ3v) is 5.99. The highest BCUT2D eigenvalue weighted by atomic mass is 32.1. The van der Waals surface area contributed by atoms with E-state index < -0.39 is 0 Å². The van der Waals surface area contributed by atoms with Crippen LogP contribution in [0.15, 0.2) is 42.9 Å². The first-order chi connectivity index (χ1) is 16.1. The van der Waals surface area contributed by atoms with Crippen LogP contribution in [-0.4, -0.2) is 49.3 Å². The molecule has 0 aliphatic rings. The molecule has 5 aromatic heterocycles. The summed E-state index contributed by atoms with van der Waals surface area (Å²) in [6.45, 7) is 3.91. The SMILES string of the molecule is COc1ccc(-c2cnc3nc(-c4cnc(C)cc4-c4cc(C)ncc4OC)sc3n2)nn1. The van der Waals surface area contributed by atoms with Crippen LogP contribution >= 0.6 is 11.3 Å². The van der Waals surface area contributed by atoms with Gasteiger partial charge in [-0.15, -0.1) is 10.2 Å². The van der Waals surface area contributed by atoms with Crippen LogP contribution in [0.3, 0.4) is 0 Å². The van der Waals surface area contributed by atoms with Crippen molar-refractivity contribution in [1.82, 2.24) is 35.1 Å². The molecule has 10 heteroatoms. The lowest BCUT2D eigenvalue weighted by Crippen LogP contribution is -1.95. The highest BCUT2D eigenvalue weighted by Crippen LogP contribution is 2.39. The first-order valence-electron chi connectivity index (χ1n) is 10.1. The summed E-state index contributed by atoms with van der Waals surface area (Å²) in [5.74, 6) is 1.12. The molecule has 0 amide bonds. The molecule has 0 aromatic carbocycles. The van der Waals surface area contributed by atoms with Crippen LogP contribution in [0.5, 0.6) is 11.6 Å². The van der Waals surface area contributed by atoms with Gasteiger partial charge in [0.2, 0.25) is 5.88 Å². The minimum absolute atomic E-state index is 0.439. The second-order valence-electron chi connectivity index (χ2n) is 7.26. The Morgan fingerprint density at radius 3 is 2.24 bits per heavy atom. The Labute approximate surface area is 193 Å². The van der Waals surface area contributed by atoms with E-state index in [-0.39, 0.29) is 0 Å². The Balaban J connectivity index is 1.62. The zero-order chi connectivity index (χ0) is 22.9. The molecule has 33 heavy (non-hydrogen) atoms. The number of hydrogen-bond donors (Lipinski definition) is 0. The molecule has 0 spiro atoms. The van der Waals surface area contributed by atoms with E-state index in [1.165, 1.54) is 11.3 Å². The fourth-order valence-corrected chi connectivity index (χ4v) is 4.32. The van der Waals surface area contributed by atoms with Crippen LogP contribution in [-0.2, 0) is 0 Å². The zero-order valence-corrected chi connectivity index (χ0v) is 19.2. The fraction of sp³-hybridized carbons (Fsp3) is 0.174. The topological polar surface area (TPSA) is 109 Å². The summed E-state index contributed by atoms with van der Waals surface area (Å²) in [5, 5.41) is 8.93. The van der Waals surface area contributed by atoms with Gasteiger partial charge < -0.3 is 9.47 Å². The summed E-state index contributed by atoms with van der Waals surface area (Å²) < 4.78 is 10.7. The standard InChI is InChI=1S/C23H19N7O2S/c1-12-7-14(15-8-13(2)25-11-19(15)31-3)16(9-24-12)22-28-21-23(33-22)27-18(10-26-21)17-5-6-20(32-4)30-29-17/h5-11H,1-4H3. The van der Waals surface area contributed by atoms with E-state index in [1.807, 2.05) is 32.2 Å². The molecule has 5 aromatic rings. The molecule has 5 rings (SSSR count). The maximum absolute atomic E-state index is 5.58. The molecule has 0 atom stereocenters. The smallest absolute Gasteiger partial charge is 0.233 e. The minimum atomic E-state index is 0.439. The molecule has 0 aliphatic carbocycles. The van der Waals surface area contributed by atoms with Crippen molar-refractivity contribution in [3.8, 4) is 44.7 Å². The second-order valence-corrected chi connectivity index (χ2v) is 8.24. The Morgan fingerprint density at radius 1 is 0.727 bits per heavy atom. The summed E-state index contributed by atoms with van der Waals surface area (Å²) in [6.07, 6.45) is 5.20. The molecule has 5 heterocycles. The first-order valence-corrected chi connectivity index (χ1v) is 10.9. The molecule has 0 radical (unpaired) electrons. The lowest BCUT2D eigenvalue weighted by atomic mass is 10.0. The summed E-state index contributed by atoms with van der Waals surface area (Å²) >= 11 is 1.45. The van der Waals surface area contributed by atoms with Gasteiger partial charge in [0.15, 0.2) is 10.5 Å². The molecule has 0 aliphatic heterocycles. The van der Waals surface area contributed by atoms with Gasteiger partial charge in [0.05, 0.1) is 26.6 Å². The van der Waals surface area contributed by atoms with E-state index in [9.17, 15) is 0 Å². The number of hydrogen-bond acceptors (Lipinski definition) is 10. The number of aromatic nitrogens is 7. The number of aryl methyl sites for hydroxylation is 2. The van der Waals surface area contributed by atoms with E-state index in [4.69, 9.17) is 19.4 Å². The van der Waals surface area contributed by atoms with Gasteiger partial charge in [-0.3, -0.25) is 9.97 Å². The van der Waals surface area contributed by atoms with Crippen molar-refractivity contribution >= 4 is 21.8 Å². The molecular weight excluding hydrogens is 438 g/mol. The van der Waals surface area contributed by atoms with Crippen LogP contribution in [0.25, 0.3) is 43.6 Å². The number of rotatable bonds is 5. The van der Waals surface area contributed by atoms with Crippen LogP contribution in [0, 0.1) is 13.8 Å². The average Bonchev–Trinajstić information content (AvgIpc) is 3.27. The van der Waals surface area contributed by atoms with Crippen LogP contribution in [0.2, 0.25) is 0 Å². The molecule has 0 bridgehead atoms. The summed E-state index contributed by atoms with van der Waals surface area (Å²) in [7, 11) is 3.18. The number of methoxy groups -OCH3 is 2. The molecule has 0 fully saturated rings. The van der Waals surface area contributed by atoms with E-state index >= 15 is 0 Å². The lowest BCUT2D eigenvalue weighted by Gasteiger charge is -2.12. The lowest BCUT2D eigenvalue weighted by molar-refractivity contribution is 0.392. The average molecular weight is 458 g/mol. The monoisotopic (exact) mass is 457 g/mol. The van der Waals surface area contributed by atoms with Crippen molar-refractivity contribution in [2.24, 2.45) is 0 Å². The van der Waals surface area contributed by atoms with Crippen LogP contribution in [0.1, 0.15) is 11.4 Å². The summed E-state index contributed by atoms with van der Waals surface area (Å²) in [6, 6.07) is 7.56. The Bertz CT molecular complexity index is 1470. The highest BCUT2D eigenvalue weighted by Gasteiger charge is 2.18. The van der Waals surface area contributed by atoms with Crippen molar-refractivity contribution < 1.29 is 9.47 Å². The predicted molar refractivity (Wildman–Crippen MR) is 125 cm³/mol.